The van der Waals surface area contributed by atoms with Gasteiger partial charge in [-0.1, -0.05) is 114 Å². The summed E-state index contributed by atoms with van der Waals surface area (Å²) in [5, 5.41) is 2.83. The minimum Gasteiger partial charge on any atom is -0.0654 e. The van der Waals surface area contributed by atoms with Crippen LogP contribution in [0, 0.1) is 0 Å². The zero-order valence-electron chi connectivity index (χ0n) is 17.4. The van der Waals surface area contributed by atoms with Crippen LogP contribution < -0.4 is 0 Å². The molecule has 0 aliphatic heterocycles. The van der Waals surface area contributed by atoms with Crippen molar-refractivity contribution in [3.63, 3.8) is 0 Å². The maximum atomic E-state index is 2.41. The second-order valence-corrected chi connectivity index (χ2v) is 8.05. The summed E-state index contributed by atoms with van der Waals surface area (Å²) in [7, 11) is 0. The third-order valence-corrected chi connectivity index (χ3v) is 5.61. The van der Waals surface area contributed by atoms with Crippen LogP contribution in [0.5, 0.6) is 0 Å². The molecule has 0 aromatic heterocycles. The summed E-state index contributed by atoms with van der Waals surface area (Å²) < 4.78 is 0. The van der Waals surface area contributed by atoms with E-state index in [-0.39, 0.29) is 0 Å². The van der Waals surface area contributed by atoms with Gasteiger partial charge in [-0.25, -0.2) is 0 Å². The van der Waals surface area contributed by atoms with Gasteiger partial charge in [0.15, 0.2) is 0 Å². The molecule has 2 rings (SSSR count). The number of benzene rings is 2. The van der Waals surface area contributed by atoms with Gasteiger partial charge in [-0.3, -0.25) is 0 Å². The van der Waals surface area contributed by atoms with E-state index in [0.717, 1.165) is 0 Å². The zero-order valence-corrected chi connectivity index (χ0v) is 17.4. The summed E-state index contributed by atoms with van der Waals surface area (Å²) >= 11 is 0. The number of hydrogen-bond acceptors (Lipinski definition) is 0. The van der Waals surface area contributed by atoms with Gasteiger partial charge in [0.2, 0.25) is 0 Å². The Bertz CT molecular complexity index is 555. The Balaban J connectivity index is 1.76. The first-order valence-corrected chi connectivity index (χ1v) is 11.3. The third-order valence-electron chi connectivity index (χ3n) is 5.61. The monoisotopic (exact) mass is 352 g/mol. The minimum atomic E-state index is 1.24. The summed E-state index contributed by atoms with van der Waals surface area (Å²) in [5.41, 5.74) is 3.02. The summed E-state index contributed by atoms with van der Waals surface area (Å²) in [6.45, 7) is 4.57. The van der Waals surface area contributed by atoms with Crippen LogP contribution in [0.2, 0.25) is 0 Å². The van der Waals surface area contributed by atoms with E-state index in [1.807, 2.05) is 0 Å². The molecule has 0 nitrogen and oxygen atoms in total. The highest BCUT2D eigenvalue weighted by molar-refractivity contribution is 5.83. The number of unbranched alkanes of at least 4 members (excludes halogenated alkanes) is 10. The van der Waals surface area contributed by atoms with E-state index in [9.17, 15) is 0 Å². The molecule has 0 atom stereocenters. The molecule has 0 aliphatic carbocycles. The standard InChI is InChI=1S/C26H40/c1-3-5-7-9-11-13-15-23-17-19-26-22-24(18-20-25(26)21-23)16-14-12-10-8-6-4-2/h17-22H,3-16H2,1-2H3. The number of rotatable bonds is 14. The largest absolute Gasteiger partial charge is 0.0654 e. The highest BCUT2D eigenvalue weighted by Gasteiger charge is 2.00. The fourth-order valence-electron chi connectivity index (χ4n) is 3.87. The van der Waals surface area contributed by atoms with E-state index >= 15 is 0 Å². The quantitative estimate of drug-likeness (QED) is 0.298. The van der Waals surface area contributed by atoms with Gasteiger partial charge in [-0.2, -0.15) is 0 Å². The van der Waals surface area contributed by atoms with Crippen molar-refractivity contribution in [3.05, 3.63) is 47.5 Å². The SMILES string of the molecule is CCCCCCCCc1ccc2cc(CCCCCCCC)ccc2c1. The Labute approximate surface area is 162 Å². The lowest BCUT2D eigenvalue weighted by Crippen LogP contribution is -1.89. The molecule has 144 valence electrons. The fourth-order valence-corrected chi connectivity index (χ4v) is 3.87. The number of aryl methyl sites for hydroxylation is 2. The zero-order chi connectivity index (χ0) is 18.5. The molecule has 0 heterocycles. The van der Waals surface area contributed by atoms with Crippen LogP contribution in [0.1, 0.15) is 102 Å². The van der Waals surface area contributed by atoms with Gasteiger partial charge in [0.1, 0.15) is 0 Å². The molecule has 26 heavy (non-hydrogen) atoms. The normalized spacial score (nSPS) is 11.3. The maximum absolute atomic E-state index is 2.41. The predicted octanol–water partition coefficient (Wildman–Crippen LogP) is 8.65. The van der Waals surface area contributed by atoms with Crippen LogP contribution in [0.3, 0.4) is 0 Å². The van der Waals surface area contributed by atoms with Crippen LogP contribution in [-0.2, 0) is 12.8 Å². The molecule has 0 saturated heterocycles. The average Bonchev–Trinajstić information content (AvgIpc) is 2.67. The summed E-state index contributed by atoms with van der Waals surface area (Å²) in [6.07, 6.45) is 19.0. The molecule has 0 aliphatic rings. The van der Waals surface area contributed by atoms with Gasteiger partial charge in [0.05, 0.1) is 0 Å². The molecule has 0 heteroatoms. The summed E-state index contributed by atoms with van der Waals surface area (Å²) in [6, 6.07) is 14.2. The highest BCUT2D eigenvalue weighted by atomic mass is 14.1. The lowest BCUT2D eigenvalue weighted by Gasteiger charge is -2.07. The fraction of sp³-hybridized carbons (Fsp3) is 0.615. The van der Waals surface area contributed by atoms with Gasteiger partial charge < -0.3 is 0 Å². The van der Waals surface area contributed by atoms with E-state index < -0.39 is 0 Å². The van der Waals surface area contributed by atoms with Crippen LogP contribution in [0.4, 0.5) is 0 Å². The van der Waals surface area contributed by atoms with Gasteiger partial charge in [0.25, 0.3) is 0 Å². The van der Waals surface area contributed by atoms with Crippen molar-refractivity contribution in [2.75, 3.05) is 0 Å². The molecule has 2 aromatic rings. The van der Waals surface area contributed by atoms with Crippen LogP contribution in [0.15, 0.2) is 36.4 Å². The third kappa shape index (κ3) is 7.94. The lowest BCUT2D eigenvalue weighted by atomic mass is 9.98. The molecule has 0 bridgehead atoms. The average molecular weight is 353 g/mol. The Kier molecular flexibility index (Phi) is 10.5. The minimum absolute atomic E-state index is 1.24. The first-order chi connectivity index (χ1) is 12.8. The topological polar surface area (TPSA) is 0 Å². The molecule has 2 aromatic carbocycles. The van der Waals surface area contributed by atoms with Crippen molar-refractivity contribution in [3.8, 4) is 0 Å². The van der Waals surface area contributed by atoms with Crippen molar-refractivity contribution < 1.29 is 0 Å². The second kappa shape index (κ2) is 13.0. The van der Waals surface area contributed by atoms with E-state index in [1.54, 1.807) is 0 Å². The van der Waals surface area contributed by atoms with E-state index in [4.69, 9.17) is 0 Å². The Morgan fingerprint density at radius 2 is 0.846 bits per heavy atom. The van der Waals surface area contributed by atoms with Crippen LogP contribution in [-0.4, -0.2) is 0 Å². The first-order valence-electron chi connectivity index (χ1n) is 11.3. The molecular weight excluding hydrogens is 312 g/mol. The molecule has 0 fully saturated rings. The van der Waals surface area contributed by atoms with Crippen LogP contribution in [0.25, 0.3) is 10.8 Å². The van der Waals surface area contributed by atoms with E-state index in [2.05, 4.69) is 50.2 Å². The first kappa shape index (κ1) is 21.0. The Morgan fingerprint density at radius 3 is 1.27 bits per heavy atom. The highest BCUT2D eigenvalue weighted by Crippen LogP contribution is 2.21. The molecule has 0 radical (unpaired) electrons. The molecule has 0 N–H and O–H groups in total. The number of hydrogen-bond donors (Lipinski definition) is 0. The van der Waals surface area contributed by atoms with E-state index in [1.165, 1.54) is 112 Å². The van der Waals surface area contributed by atoms with Gasteiger partial charge in [-0.15, -0.1) is 0 Å². The van der Waals surface area contributed by atoms with Crippen molar-refractivity contribution in [1.82, 2.24) is 0 Å². The van der Waals surface area contributed by atoms with E-state index in [0.29, 0.717) is 0 Å². The summed E-state index contributed by atoms with van der Waals surface area (Å²) in [5.74, 6) is 0. The molecule has 0 spiro atoms. The second-order valence-electron chi connectivity index (χ2n) is 8.05. The van der Waals surface area contributed by atoms with Gasteiger partial charge >= 0.3 is 0 Å². The van der Waals surface area contributed by atoms with Crippen molar-refractivity contribution in [2.45, 2.75) is 104 Å². The number of fused-ring (bicyclic) bond motifs is 1. The van der Waals surface area contributed by atoms with Gasteiger partial charge in [-0.05, 0) is 47.6 Å². The van der Waals surface area contributed by atoms with Crippen molar-refractivity contribution >= 4 is 10.8 Å². The van der Waals surface area contributed by atoms with Crippen molar-refractivity contribution in [2.24, 2.45) is 0 Å². The van der Waals surface area contributed by atoms with Crippen molar-refractivity contribution in [1.29, 1.82) is 0 Å². The predicted molar refractivity (Wildman–Crippen MR) is 118 cm³/mol. The lowest BCUT2D eigenvalue weighted by molar-refractivity contribution is 0.607. The Morgan fingerprint density at radius 1 is 0.462 bits per heavy atom. The maximum Gasteiger partial charge on any atom is -0.0181 e. The molecule has 0 saturated carbocycles. The summed E-state index contributed by atoms with van der Waals surface area (Å²) in [4.78, 5) is 0. The molecule has 0 amide bonds. The molecular formula is C26H40. The molecule has 0 unspecified atom stereocenters. The van der Waals surface area contributed by atoms with Crippen LogP contribution >= 0.6 is 0 Å². The smallest absolute Gasteiger partial charge is 0.0181 e. The van der Waals surface area contributed by atoms with Gasteiger partial charge in [0, 0.05) is 0 Å². The Hall–Kier alpha value is -1.30.